The van der Waals surface area contributed by atoms with Crippen molar-refractivity contribution in [1.82, 2.24) is 20.2 Å². The molecule has 1 aromatic heterocycles. The standard InChI is InChI=1S/C35H41N5O5/c1-34(2,3)45-33(43)39-35(4,5)32(42)37-28(23-44-22-25-15-9-6-10-16-25)31(41)38-29-21-40(24-36-29)30(26-17-11-7-12-18-26)27-19-13-8-14-20-27/h6-21,24,28,30H,22-23H2,1-5H3,(H,37,42)(H,38,41)(H,39,43)/t28-/m1/s1. The van der Waals surface area contributed by atoms with Gasteiger partial charge in [0.1, 0.15) is 17.2 Å². The molecule has 1 atom stereocenters. The zero-order valence-corrected chi connectivity index (χ0v) is 26.3. The molecule has 0 aliphatic carbocycles. The number of rotatable bonds is 12. The maximum Gasteiger partial charge on any atom is 0.408 e. The molecule has 3 amide bonds. The van der Waals surface area contributed by atoms with E-state index in [2.05, 4.69) is 20.9 Å². The number of nitrogens with one attached hydrogen (secondary N) is 3. The molecule has 1 heterocycles. The van der Waals surface area contributed by atoms with E-state index in [4.69, 9.17) is 9.47 Å². The Balaban J connectivity index is 1.50. The normalized spacial score (nSPS) is 12.3. The summed E-state index contributed by atoms with van der Waals surface area (Å²) in [7, 11) is 0. The van der Waals surface area contributed by atoms with E-state index in [0.717, 1.165) is 16.7 Å². The first-order chi connectivity index (χ1) is 21.4. The van der Waals surface area contributed by atoms with E-state index in [1.807, 2.05) is 95.6 Å². The highest BCUT2D eigenvalue weighted by atomic mass is 16.6. The summed E-state index contributed by atoms with van der Waals surface area (Å²) in [6.07, 6.45) is 2.66. The van der Waals surface area contributed by atoms with E-state index < -0.39 is 35.1 Å². The molecule has 4 rings (SSSR count). The van der Waals surface area contributed by atoms with Crippen LogP contribution in [0.15, 0.2) is 104 Å². The van der Waals surface area contributed by atoms with Crippen molar-refractivity contribution < 1.29 is 23.9 Å². The zero-order chi connectivity index (χ0) is 32.5. The van der Waals surface area contributed by atoms with Crippen LogP contribution in [0.2, 0.25) is 0 Å². The van der Waals surface area contributed by atoms with Gasteiger partial charge in [-0.05, 0) is 51.3 Å². The summed E-state index contributed by atoms with van der Waals surface area (Å²) in [5.41, 5.74) is 0.895. The van der Waals surface area contributed by atoms with Crippen molar-refractivity contribution in [2.75, 3.05) is 11.9 Å². The fraction of sp³-hybridized carbons (Fsp3) is 0.314. The highest BCUT2D eigenvalue weighted by molar-refractivity contribution is 5.98. The fourth-order valence-electron chi connectivity index (χ4n) is 4.57. The lowest BCUT2D eigenvalue weighted by atomic mass is 9.99. The van der Waals surface area contributed by atoms with Gasteiger partial charge in [0.2, 0.25) is 5.91 Å². The van der Waals surface area contributed by atoms with Crippen molar-refractivity contribution in [1.29, 1.82) is 0 Å². The third-order valence-corrected chi connectivity index (χ3v) is 6.78. The van der Waals surface area contributed by atoms with Crippen LogP contribution in [0.1, 0.15) is 57.4 Å². The molecule has 0 saturated heterocycles. The van der Waals surface area contributed by atoms with Crippen molar-refractivity contribution in [3.63, 3.8) is 0 Å². The number of hydrogen-bond donors (Lipinski definition) is 3. The predicted molar refractivity (Wildman–Crippen MR) is 172 cm³/mol. The second-order valence-corrected chi connectivity index (χ2v) is 12.2. The lowest BCUT2D eigenvalue weighted by Gasteiger charge is -2.29. The van der Waals surface area contributed by atoms with Gasteiger partial charge in [0.15, 0.2) is 5.82 Å². The van der Waals surface area contributed by atoms with Crippen LogP contribution in [0.5, 0.6) is 0 Å². The van der Waals surface area contributed by atoms with Crippen molar-refractivity contribution >= 4 is 23.7 Å². The Morgan fingerprint density at radius 3 is 1.93 bits per heavy atom. The van der Waals surface area contributed by atoms with E-state index >= 15 is 0 Å². The number of amides is 3. The minimum atomic E-state index is -1.39. The molecule has 0 radical (unpaired) electrons. The summed E-state index contributed by atoms with van der Waals surface area (Å²) >= 11 is 0. The van der Waals surface area contributed by atoms with Crippen LogP contribution in [0.3, 0.4) is 0 Å². The van der Waals surface area contributed by atoms with Gasteiger partial charge in [-0.2, -0.15) is 0 Å². The average molecular weight is 612 g/mol. The minimum absolute atomic E-state index is 0.119. The molecule has 0 fully saturated rings. The highest BCUT2D eigenvalue weighted by Gasteiger charge is 2.34. The van der Waals surface area contributed by atoms with Gasteiger partial charge in [-0.15, -0.1) is 0 Å². The van der Waals surface area contributed by atoms with Crippen LogP contribution in [-0.4, -0.2) is 51.2 Å². The lowest BCUT2D eigenvalue weighted by Crippen LogP contribution is -2.59. The Kier molecular flexibility index (Phi) is 10.7. The molecule has 0 unspecified atom stereocenters. The summed E-state index contributed by atoms with van der Waals surface area (Å²) < 4.78 is 13.1. The molecule has 0 spiro atoms. The maximum atomic E-state index is 13.6. The zero-order valence-electron chi connectivity index (χ0n) is 26.3. The van der Waals surface area contributed by atoms with Crippen LogP contribution in [-0.2, 0) is 25.7 Å². The molecule has 3 aromatic carbocycles. The molecule has 0 aliphatic heterocycles. The van der Waals surface area contributed by atoms with E-state index in [-0.39, 0.29) is 19.3 Å². The lowest BCUT2D eigenvalue weighted by molar-refractivity contribution is -0.131. The number of benzene rings is 3. The molecule has 45 heavy (non-hydrogen) atoms. The van der Waals surface area contributed by atoms with E-state index in [1.54, 1.807) is 33.3 Å². The van der Waals surface area contributed by atoms with Crippen molar-refractivity contribution in [3.8, 4) is 0 Å². The molecule has 10 nitrogen and oxygen atoms in total. The van der Waals surface area contributed by atoms with Gasteiger partial charge >= 0.3 is 6.09 Å². The van der Waals surface area contributed by atoms with Crippen LogP contribution in [0.25, 0.3) is 0 Å². The molecule has 0 saturated carbocycles. The van der Waals surface area contributed by atoms with Gasteiger partial charge in [0.05, 0.1) is 25.6 Å². The first kappa shape index (κ1) is 32.9. The van der Waals surface area contributed by atoms with Crippen LogP contribution < -0.4 is 16.0 Å². The van der Waals surface area contributed by atoms with Gasteiger partial charge in [-0.1, -0.05) is 91.0 Å². The van der Waals surface area contributed by atoms with E-state index in [1.165, 1.54) is 13.8 Å². The summed E-state index contributed by atoms with van der Waals surface area (Å²) in [5.74, 6) is -0.799. The Labute approximate surface area is 264 Å². The van der Waals surface area contributed by atoms with Crippen LogP contribution in [0, 0.1) is 0 Å². The SMILES string of the molecule is CC(C)(C)OC(=O)NC(C)(C)C(=O)N[C@H](COCc1ccccc1)C(=O)Nc1cn(C(c2ccccc2)c2ccccc2)cn1. The number of ether oxygens (including phenoxy) is 2. The van der Waals surface area contributed by atoms with Gasteiger partial charge in [0.25, 0.3) is 5.91 Å². The summed E-state index contributed by atoms with van der Waals surface area (Å²) in [5, 5.41) is 8.13. The number of carbonyl (C=O) groups excluding carboxylic acids is 3. The van der Waals surface area contributed by atoms with Gasteiger partial charge in [-0.3, -0.25) is 9.59 Å². The third-order valence-electron chi connectivity index (χ3n) is 6.78. The molecular formula is C35H41N5O5. The molecule has 0 bridgehead atoms. The Morgan fingerprint density at radius 2 is 1.38 bits per heavy atom. The van der Waals surface area contributed by atoms with Crippen LogP contribution in [0.4, 0.5) is 10.6 Å². The first-order valence-corrected chi connectivity index (χ1v) is 14.8. The smallest absolute Gasteiger partial charge is 0.408 e. The van der Waals surface area contributed by atoms with Gasteiger partial charge in [0, 0.05) is 6.20 Å². The second kappa shape index (κ2) is 14.7. The van der Waals surface area contributed by atoms with Gasteiger partial charge < -0.3 is 30.0 Å². The largest absolute Gasteiger partial charge is 0.444 e. The average Bonchev–Trinajstić information content (AvgIpc) is 3.44. The predicted octanol–water partition coefficient (Wildman–Crippen LogP) is 5.46. The summed E-state index contributed by atoms with van der Waals surface area (Å²) in [6.45, 7) is 8.37. The number of anilines is 1. The minimum Gasteiger partial charge on any atom is -0.444 e. The number of aromatic nitrogens is 2. The van der Waals surface area contributed by atoms with Crippen LogP contribution >= 0.6 is 0 Å². The Morgan fingerprint density at radius 1 is 0.822 bits per heavy atom. The molecule has 3 N–H and O–H groups in total. The number of carbonyl (C=O) groups is 3. The Hall–Kier alpha value is -4.96. The Bertz CT molecular complexity index is 1510. The monoisotopic (exact) mass is 611 g/mol. The topological polar surface area (TPSA) is 124 Å². The quantitative estimate of drug-likeness (QED) is 0.195. The third kappa shape index (κ3) is 9.77. The van der Waals surface area contributed by atoms with Crippen molar-refractivity contribution in [2.45, 2.75) is 64.4 Å². The van der Waals surface area contributed by atoms with Crippen molar-refractivity contribution in [3.05, 3.63) is 120 Å². The van der Waals surface area contributed by atoms with E-state index in [0.29, 0.717) is 5.82 Å². The number of imidazole rings is 1. The number of nitrogens with zero attached hydrogens (tertiary/aromatic N) is 2. The summed E-state index contributed by atoms with van der Waals surface area (Å²) in [6, 6.07) is 28.2. The summed E-state index contributed by atoms with van der Waals surface area (Å²) in [4.78, 5) is 43.8. The number of alkyl carbamates (subject to hydrolysis) is 1. The molecule has 0 aliphatic rings. The highest BCUT2D eigenvalue weighted by Crippen LogP contribution is 2.27. The maximum absolute atomic E-state index is 13.6. The second-order valence-electron chi connectivity index (χ2n) is 12.2. The first-order valence-electron chi connectivity index (χ1n) is 14.8. The molecule has 4 aromatic rings. The molecular weight excluding hydrogens is 570 g/mol. The molecule has 236 valence electrons. The fourth-order valence-corrected chi connectivity index (χ4v) is 4.57. The molecule has 10 heteroatoms. The van der Waals surface area contributed by atoms with Gasteiger partial charge in [-0.25, -0.2) is 9.78 Å². The van der Waals surface area contributed by atoms with Crippen molar-refractivity contribution in [2.24, 2.45) is 0 Å². The van der Waals surface area contributed by atoms with E-state index in [9.17, 15) is 14.4 Å². The number of hydrogen-bond acceptors (Lipinski definition) is 6.